The number of nitrogens with one attached hydrogen (secondary N) is 2. The van der Waals surface area contributed by atoms with Crippen molar-refractivity contribution >= 4 is 27.7 Å². The molecule has 0 aliphatic carbocycles. The second-order valence-electron chi connectivity index (χ2n) is 4.20. The molecule has 2 amide bonds. The van der Waals surface area contributed by atoms with Crippen molar-refractivity contribution in [2.75, 3.05) is 6.54 Å². The molecule has 2 N–H and O–H groups in total. The smallest absolute Gasteiger partial charge is 0.253 e. The highest BCUT2D eigenvalue weighted by atomic mass is 79.9. The van der Waals surface area contributed by atoms with Crippen molar-refractivity contribution in [3.05, 3.63) is 28.5 Å². The SMILES string of the molecule is O=C(NC1CCCCNC1=O)c1cncc(Br)c1. The van der Waals surface area contributed by atoms with Gasteiger partial charge in [-0.25, -0.2) is 0 Å². The van der Waals surface area contributed by atoms with E-state index >= 15 is 0 Å². The van der Waals surface area contributed by atoms with Crippen LogP contribution in [-0.2, 0) is 4.79 Å². The van der Waals surface area contributed by atoms with Crippen LogP contribution in [0.3, 0.4) is 0 Å². The lowest BCUT2D eigenvalue weighted by Crippen LogP contribution is -2.45. The number of pyridine rings is 1. The van der Waals surface area contributed by atoms with Gasteiger partial charge >= 0.3 is 0 Å². The molecule has 1 aromatic heterocycles. The zero-order valence-electron chi connectivity index (χ0n) is 9.78. The molecule has 6 heteroatoms. The van der Waals surface area contributed by atoms with Crippen LogP contribution in [0.15, 0.2) is 22.9 Å². The van der Waals surface area contributed by atoms with Crippen LogP contribution in [0.5, 0.6) is 0 Å². The lowest BCUT2D eigenvalue weighted by Gasteiger charge is -2.15. The van der Waals surface area contributed by atoms with E-state index in [4.69, 9.17) is 0 Å². The highest BCUT2D eigenvalue weighted by Gasteiger charge is 2.22. The summed E-state index contributed by atoms with van der Waals surface area (Å²) in [5.41, 5.74) is 0.446. The van der Waals surface area contributed by atoms with Crippen LogP contribution in [0.2, 0.25) is 0 Å². The monoisotopic (exact) mass is 311 g/mol. The Balaban J connectivity index is 2.04. The molecule has 5 nitrogen and oxygen atoms in total. The maximum Gasteiger partial charge on any atom is 0.253 e. The molecule has 1 aliphatic rings. The molecule has 1 saturated heterocycles. The predicted molar refractivity (Wildman–Crippen MR) is 70.1 cm³/mol. The number of hydrogen-bond acceptors (Lipinski definition) is 3. The third kappa shape index (κ3) is 3.29. The Kier molecular flexibility index (Phi) is 4.30. The Bertz CT molecular complexity index is 464. The number of amides is 2. The molecule has 0 radical (unpaired) electrons. The van der Waals surface area contributed by atoms with E-state index in [1.807, 2.05) is 0 Å². The van der Waals surface area contributed by atoms with E-state index in [1.165, 1.54) is 6.20 Å². The third-order valence-corrected chi connectivity index (χ3v) is 3.24. The standard InChI is InChI=1S/C12H14BrN3O2/c13-9-5-8(6-14-7-9)11(17)16-10-3-1-2-4-15-12(10)18/h5-7,10H,1-4H2,(H,15,18)(H,16,17). The second kappa shape index (κ2) is 5.95. The first kappa shape index (κ1) is 13.0. The molecule has 2 heterocycles. The fraction of sp³-hybridized carbons (Fsp3) is 0.417. The number of nitrogens with zero attached hydrogens (tertiary/aromatic N) is 1. The van der Waals surface area contributed by atoms with Gasteiger partial charge in [-0.3, -0.25) is 14.6 Å². The van der Waals surface area contributed by atoms with Gasteiger partial charge in [0.2, 0.25) is 5.91 Å². The molecule has 0 spiro atoms. The molecular formula is C12H14BrN3O2. The van der Waals surface area contributed by atoms with Gasteiger partial charge in [-0.15, -0.1) is 0 Å². The summed E-state index contributed by atoms with van der Waals surface area (Å²) in [6.07, 6.45) is 5.65. The molecule has 0 bridgehead atoms. The fourth-order valence-corrected chi connectivity index (χ4v) is 2.22. The van der Waals surface area contributed by atoms with E-state index < -0.39 is 6.04 Å². The van der Waals surface area contributed by atoms with Crippen molar-refractivity contribution in [1.82, 2.24) is 15.6 Å². The number of aromatic nitrogens is 1. The maximum atomic E-state index is 12.0. The van der Waals surface area contributed by atoms with Crippen LogP contribution in [0, 0.1) is 0 Å². The van der Waals surface area contributed by atoms with Crippen LogP contribution >= 0.6 is 15.9 Å². The van der Waals surface area contributed by atoms with E-state index in [0.717, 1.165) is 17.3 Å². The quantitative estimate of drug-likeness (QED) is 0.863. The largest absolute Gasteiger partial charge is 0.354 e. The molecular weight excluding hydrogens is 298 g/mol. The number of hydrogen-bond donors (Lipinski definition) is 2. The average molecular weight is 312 g/mol. The van der Waals surface area contributed by atoms with Gasteiger partial charge in [0.1, 0.15) is 6.04 Å². The molecule has 18 heavy (non-hydrogen) atoms. The zero-order valence-corrected chi connectivity index (χ0v) is 11.4. The van der Waals surface area contributed by atoms with Gasteiger partial charge in [0, 0.05) is 23.4 Å². The summed E-state index contributed by atoms with van der Waals surface area (Å²) < 4.78 is 0.737. The van der Waals surface area contributed by atoms with Crippen molar-refractivity contribution < 1.29 is 9.59 Å². The van der Waals surface area contributed by atoms with Crippen molar-refractivity contribution in [1.29, 1.82) is 0 Å². The molecule has 0 aromatic carbocycles. The zero-order chi connectivity index (χ0) is 13.0. The summed E-state index contributed by atoms with van der Waals surface area (Å²) in [6, 6.07) is 1.23. The van der Waals surface area contributed by atoms with Gasteiger partial charge in [0.25, 0.3) is 5.91 Å². The van der Waals surface area contributed by atoms with Crippen LogP contribution in [0.1, 0.15) is 29.6 Å². The normalized spacial score (nSPS) is 19.8. The number of carbonyl (C=O) groups excluding carboxylic acids is 2. The van der Waals surface area contributed by atoms with E-state index in [1.54, 1.807) is 12.3 Å². The molecule has 1 unspecified atom stereocenters. The van der Waals surface area contributed by atoms with Gasteiger partial charge in [0.15, 0.2) is 0 Å². The number of carbonyl (C=O) groups is 2. The first-order valence-corrected chi connectivity index (χ1v) is 6.65. The topological polar surface area (TPSA) is 71.1 Å². The van der Waals surface area contributed by atoms with Gasteiger partial charge in [-0.2, -0.15) is 0 Å². The minimum Gasteiger partial charge on any atom is -0.354 e. The lowest BCUT2D eigenvalue weighted by molar-refractivity contribution is -0.122. The Morgan fingerprint density at radius 2 is 2.28 bits per heavy atom. The summed E-state index contributed by atoms with van der Waals surface area (Å²) in [6.45, 7) is 0.684. The number of halogens is 1. The summed E-state index contributed by atoms with van der Waals surface area (Å²) in [7, 11) is 0. The van der Waals surface area contributed by atoms with Crippen molar-refractivity contribution in [2.24, 2.45) is 0 Å². The Morgan fingerprint density at radius 3 is 3.06 bits per heavy atom. The summed E-state index contributed by atoms with van der Waals surface area (Å²) in [5.74, 6) is -0.380. The van der Waals surface area contributed by atoms with E-state index in [9.17, 15) is 9.59 Å². The first-order valence-electron chi connectivity index (χ1n) is 5.86. The Labute approximate surface area is 113 Å². The molecule has 0 saturated carbocycles. The fourth-order valence-electron chi connectivity index (χ4n) is 1.85. The minimum absolute atomic E-state index is 0.108. The van der Waals surface area contributed by atoms with E-state index in [2.05, 4.69) is 31.5 Å². The van der Waals surface area contributed by atoms with E-state index in [0.29, 0.717) is 18.5 Å². The maximum absolute atomic E-state index is 12.0. The molecule has 96 valence electrons. The van der Waals surface area contributed by atoms with Crippen molar-refractivity contribution in [3.63, 3.8) is 0 Å². The van der Waals surface area contributed by atoms with Crippen molar-refractivity contribution in [3.8, 4) is 0 Å². The van der Waals surface area contributed by atoms with Crippen molar-refractivity contribution in [2.45, 2.75) is 25.3 Å². The summed E-state index contributed by atoms with van der Waals surface area (Å²) in [5, 5.41) is 5.52. The van der Waals surface area contributed by atoms with Crippen LogP contribution in [-0.4, -0.2) is 29.4 Å². The third-order valence-electron chi connectivity index (χ3n) is 2.81. The van der Waals surface area contributed by atoms with Gasteiger partial charge in [-0.05, 0) is 41.3 Å². The highest BCUT2D eigenvalue weighted by Crippen LogP contribution is 2.11. The molecule has 2 rings (SSSR count). The lowest BCUT2D eigenvalue weighted by atomic mass is 10.1. The van der Waals surface area contributed by atoms with Gasteiger partial charge < -0.3 is 10.6 Å². The molecule has 1 aromatic rings. The average Bonchev–Trinajstić information content (AvgIpc) is 2.55. The van der Waals surface area contributed by atoms with Crippen LogP contribution in [0.25, 0.3) is 0 Å². The Morgan fingerprint density at radius 1 is 1.44 bits per heavy atom. The predicted octanol–water partition coefficient (Wildman–Crippen LogP) is 1.24. The Hall–Kier alpha value is -1.43. The number of rotatable bonds is 2. The van der Waals surface area contributed by atoms with Crippen LogP contribution in [0.4, 0.5) is 0 Å². The highest BCUT2D eigenvalue weighted by molar-refractivity contribution is 9.10. The minimum atomic E-state index is -0.445. The first-order chi connectivity index (χ1) is 8.66. The van der Waals surface area contributed by atoms with Gasteiger partial charge in [-0.1, -0.05) is 0 Å². The van der Waals surface area contributed by atoms with Gasteiger partial charge in [0.05, 0.1) is 5.56 Å². The molecule has 1 aliphatic heterocycles. The summed E-state index contributed by atoms with van der Waals surface area (Å²) >= 11 is 3.26. The summed E-state index contributed by atoms with van der Waals surface area (Å²) in [4.78, 5) is 27.6. The molecule has 1 atom stereocenters. The van der Waals surface area contributed by atoms with Crippen LogP contribution < -0.4 is 10.6 Å². The second-order valence-corrected chi connectivity index (χ2v) is 5.12. The molecule has 1 fully saturated rings. The van der Waals surface area contributed by atoms with E-state index in [-0.39, 0.29) is 11.8 Å².